The van der Waals surface area contributed by atoms with E-state index in [-0.39, 0.29) is 18.2 Å². The summed E-state index contributed by atoms with van der Waals surface area (Å²) in [6, 6.07) is 1.79. The minimum absolute atomic E-state index is 0.0812. The summed E-state index contributed by atoms with van der Waals surface area (Å²) in [7, 11) is 0. The Kier molecular flexibility index (Phi) is 4.91. The molecule has 1 aliphatic rings. The maximum Gasteiger partial charge on any atom is 0.318 e. The average Bonchev–Trinajstić information content (AvgIpc) is 3.12. The number of urea groups is 1. The summed E-state index contributed by atoms with van der Waals surface area (Å²) < 4.78 is 11.3. The van der Waals surface area contributed by atoms with E-state index in [1.165, 1.54) is 0 Å². The number of thiazole rings is 1. The number of rotatable bonds is 3. The van der Waals surface area contributed by atoms with E-state index in [1.54, 1.807) is 16.2 Å². The molecule has 0 aliphatic carbocycles. The van der Waals surface area contributed by atoms with Crippen molar-refractivity contribution in [2.45, 2.75) is 39.8 Å². The monoisotopic (exact) mass is 349 g/mol. The van der Waals surface area contributed by atoms with Crippen LogP contribution >= 0.6 is 11.3 Å². The molecule has 1 saturated heterocycles. The number of hydrogen-bond donors (Lipinski definition) is 1. The fourth-order valence-electron chi connectivity index (χ4n) is 2.94. The molecule has 2 amide bonds. The van der Waals surface area contributed by atoms with Crippen molar-refractivity contribution in [2.24, 2.45) is 0 Å². The predicted octanol–water partition coefficient (Wildman–Crippen LogP) is 3.51. The van der Waals surface area contributed by atoms with Crippen molar-refractivity contribution in [2.75, 3.05) is 19.7 Å². The highest BCUT2D eigenvalue weighted by molar-refractivity contribution is 7.09. The molecule has 0 aromatic carbocycles. The Morgan fingerprint density at radius 2 is 2.25 bits per heavy atom. The summed E-state index contributed by atoms with van der Waals surface area (Å²) in [4.78, 5) is 18.9. The Labute approximate surface area is 145 Å². The number of ether oxygens (including phenoxy) is 1. The van der Waals surface area contributed by atoms with E-state index < -0.39 is 0 Å². The maximum atomic E-state index is 12.6. The lowest BCUT2D eigenvalue weighted by Crippen LogP contribution is -2.47. The first-order valence-corrected chi connectivity index (χ1v) is 8.98. The molecule has 130 valence electrons. The molecule has 2 aromatic rings. The Morgan fingerprint density at radius 3 is 2.88 bits per heavy atom. The number of aromatic nitrogens is 1. The van der Waals surface area contributed by atoms with Gasteiger partial charge in [-0.1, -0.05) is 0 Å². The molecule has 7 heteroatoms. The van der Waals surface area contributed by atoms with Gasteiger partial charge in [-0.3, -0.25) is 0 Å². The lowest BCUT2D eigenvalue weighted by Gasteiger charge is -2.32. The maximum absolute atomic E-state index is 12.6. The van der Waals surface area contributed by atoms with Gasteiger partial charge in [0.2, 0.25) is 0 Å². The van der Waals surface area contributed by atoms with Crippen molar-refractivity contribution in [1.29, 1.82) is 0 Å². The van der Waals surface area contributed by atoms with Gasteiger partial charge in [0.15, 0.2) is 0 Å². The number of hydrogen-bond acceptors (Lipinski definition) is 5. The van der Waals surface area contributed by atoms with Gasteiger partial charge in [0.25, 0.3) is 0 Å². The summed E-state index contributed by atoms with van der Waals surface area (Å²) in [6.07, 6.45) is -0.142. The van der Waals surface area contributed by atoms with Crippen molar-refractivity contribution >= 4 is 17.4 Å². The Bertz CT molecular complexity index is 724. The van der Waals surface area contributed by atoms with Gasteiger partial charge in [-0.05, 0) is 33.8 Å². The van der Waals surface area contributed by atoms with Crippen LogP contribution in [0.25, 0.3) is 0 Å². The number of aryl methyl sites for hydroxylation is 3. The number of nitrogens with one attached hydrogen (secondary N) is 1. The molecule has 0 spiro atoms. The molecular formula is C17H23N3O3S. The third-order valence-electron chi connectivity index (χ3n) is 4.15. The molecule has 24 heavy (non-hydrogen) atoms. The molecule has 0 unspecified atom stereocenters. The van der Waals surface area contributed by atoms with Gasteiger partial charge in [-0.2, -0.15) is 0 Å². The second-order valence-corrected chi connectivity index (χ2v) is 7.06. The van der Waals surface area contributed by atoms with Crippen LogP contribution in [-0.4, -0.2) is 35.6 Å². The van der Waals surface area contributed by atoms with Crippen molar-refractivity contribution < 1.29 is 13.9 Å². The van der Waals surface area contributed by atoms with Gasteiger partial charge >= 0.3 is 6.03 Å². The molecule has 6 nitrogen and oxygen atoms in total. The number of carbonyl (C=O) groups is 1. The van der Waals surface area contributed by atoms with Crippen molar-refractivity contribution in [1.82, 2.24) is 15.2 Å². The predicted molar refractivity (Wildman–Crippen MR) is 92.2 cm³/mol. The second-order valence-electron chi connectivity index (χ2n) is 6.17. The quantitative estimate of drug-likeness (QED) is 0.921. The Hall–Kier alpha value is -1.86. The third kappa shape index (κ3) is 3.62. The lowest BCUT2D eigenvalue weighted by atomic mass is 10.1. The summed E-state index contributed by atoms with van der Waals surface area (Å²) in [6.45, 7) is 9.39. The highest BCUT2D eigenvalue weighted by Crippen LogP contribution is 2.26. The van der Waals surface area contributed by atoms with Gasteiger partial charge in [-0.25, -0.2) is 9.78 Å². The second kappa shape index (κ2) is 6.94. The van der Waals surface area contributed by atoms with Crippen LogP contribution in [0.15, 0.2) is 15.9 Å². The Balaban J connectivity index is 1.63. The van der Waals surface area contributed by atoms with Gasteiger partial charge in [0, 0.05) is 23.2 Å². The van der Waals surface area contributed by atoms with Crippen LogP contribution in [-0.2, 0) is 4.74 Å². The van der Waals surface area contributed by atoms with E-state index in [0.29, 0.717) is 19.7 Å². The van der Waals surface area contributed by atoms with Crippen LogP contribution in [0.4, 0.5) is 4.79 Å². The molecule has 1 N–H and O–H groups in total. The first-order chi connectivity index (χ1) is 11.4. The van der Waals surface area contributed by atoms with Crippen LogP contribution < -0.4 is 5.32 Å². The zero-order valence-corrected chi connectivity index (χ0v) is 15.3. The summed E-state index contributed by atoms with van der Waals surface area (Å²) in [5.74, 6) is 1.70. The average molecular weight is 349 g/mol. The number of furan rings is 1. The zero-order valence-electron chi connectivity index (χ0n) is 14.5. The van der Waals surface area contributed by atoms with E-state index in [2.05, 4.69) is 10.3 Å². The third-order valence-corrected chi connectivity index (χ3v) is 5.21. The molecule has 2 aromatic heterocycles. The lowest BCUT2D eigenvalue weighted by molar-refractivity contribution is -0.0158. The van der Waals surface area contributed by atoms with E-state index in [4.69, 9.17) is 9.15 Å². The van der Waals surface area contributed by atoms with Gasteiger partial charge in [-0.15, -0.1) is 11.3 Å². The van der Waals surface area contributed by atoms with E-state index >= 15 is 0 Å². The van der Waals surface area contributed by atoms with Crippen molar-refractivity contribution in [3.63, 3.8) is 0 Å². The smallest absolute Gasteiger partial charge is 0.318 e. The van der Waals surface area contributed by atoms with Crippen LogP contribution in [0.2, 0.25) is 0 Å². The van der Waals surface area contributed by atoms with Gasteiger partial charge in [0.05, 0.1) is 19.2 Å². The summed E-state index contributed by atoms with van der Waals surface area (Å²) in [5, 5.41) is 5.99. The fraction of sp³-hybridized carbons (Fsp3) is 0.529. The number of carbonyl (C=O) groups excluding carboxylic acids is 1. The fourth-order valence-corrected chi connectivity index (χ4v) is 3.77. The molecule has 0 radical (unpaired) electrons. The largest absolute Gasteiger partial charge is 0.466 e. The molecule has 1 aliphatic heterocycles. The SMILES string of the molecule is Cc1csc([C@@H]2CN(C(=O)N[C@@H](C)c3cc(C)oc3C)CCO2)n1. The zero-order chi connectivity index (χ0) is 17.3. The van der Waals surface area contributed by atoms with Gasteiger partial charge in [0.1, 0.15) is 22.6 Å². The highest BCUT2D eigenvalue weighted by Gasteiger charge is 2.28. The minimum atomic E-state index is -0.142. The molecule has 0 saturated carbocycles. The molecule has 3 rings (SSSR count). The summed E-state index contributed by atoms with van der Waals surface area (Å²) >= 11 is 1.58. The molecule has 1 fully saturated rings. The van der Waals surface area contributed by atoms with E-state index in [1.807, 2.05) is 39.1 Å². The van der Waals surface area contributed by atoms with Gasteiger partial charge < -0.3 is 19.4 Å². The van der Waals surface area contributed by atoms with Crippen molar-refractivity contribution in [3.05, 3.63) is 39.2 Å². The van der Waals surface area contributed by atoms with E-state index in [0.717, 1.165) is 27.8 Å². The van der Waals surface area contributed by atoms with Crippen LogP contribution in [0.3, 0.4) is 0 Å². The summed E-state index contributed by atoms with van der Waals surface area (Å²) in [5.41, 5.74) is 2.00. The molecular weight excluding hydrogens is 326 g/mol. The first-order valence-electron chi connectivity index (χ1n) is 8.10. The first kappa shape index (κ1) is 17.0. The molecule has 2 atom stereocenters. The molecule has 3 heterocycles. The van der Waals surface area contributed by atoms with Crippen LogP contribution in [0.5, 0.6) is 0 Å². The number of nitrogens with zero attached hydrogens (tertiary/aromatic N) is 2. The number of morpholine rings is 1. The van der Waals surface area contributed by atoms with Crippen LogP contribution in [0, 0.1) is 20.8 Å². The topological polar surface area (TPSA) is 67.6 Å². The number of amides is 2. The van der Waals surface area contributed by atoms with Crippen LogP contribution in [0.1, 0.15) is 46.9 Å². The van der Waals surface area contributed by atoms with Crippen molar-refractivity contribution in [3.8, 4) is 0 Å². The minimum Gasteiger partial charge on any atom is -0.466 e. The standard InChI is InChI=1S/C17H23N3O3S/c1-10-9-24-16(18-10)15-8-20(5-6-22-15)17(21)19-12(3)14-7-11(2)23-13(14)4/h7,9,12,15H,5-6,8H2,1-4H3,(H,19,21)/t12-,15-/m0/s1. The van der Waals surface area contributed by atoms with E-state index in [9.17, 15) is 4.79 Å². The molecule has 0 bridgehead atoms. The highest BCUT2D eigenvalue weighted by atomic mass is 32.1. The Morgan fingerprint density at radius 1 is 1.46 bits per heavy atom. The normalized spacial score (nSPS) is 19.3.